The Kier molecular flexibility index (Phi) is 0.676. The maximum absolute atomic E-state index is 4.78. The minimum atomic E-state index is 0.375. The summed E-state index contributed by atoms with van der Waals surface area (Å²) >= 11 is 0. The van der Waals surface area contributed by atoms with Crippen molar-refractivity contribution >= 4 is 5.90 Å². The SMILES string of the molecule is C1=CN=C2ONC2C1. The first kappa shape index (κ1) is 4.09. The Balaban J connectivity index is 2.23. The summed E-state index contributed by atoms with van der Waals surface area (Å²) in [5.74, 6) is 0.826. The fraction of sp³-hybridized carbons (Fsp3) is 0.400. The van der Waals surface area contributed by atoms with Crippen LogP contribution in [-0.2, 0) is 4.84 Å². The lowest BCUT2D eigenvalue weighted by Gasteiger charge is -2.29. The molecule has 42 valence electrons. The van der Waals surface area contributed by atoms with Crippen LogP contribution in [0.4, 0.5) is 0 Å². The van der Waals surface area contributed by atoms with Crippen molar-refractivity contribution in [3.8, 4) is 0 Å². The summed E-state index contributed by atoms with van der Waals surface area (Å²) in [7, 11) is 0. The van der Waals surface area contributed by atoms with Gasteiger partial charge in [-0.15, -0.1) is 5.48 Å². The monoisotopic (exact) mass is 110 g/mol. The molecule has 2 aliphatic rings. The van der Waals surface area contributed by atoms with Crippen LogP contribution < -0.4 is 5.48 Å². The number of nitrogens with one attached hydrogen (secondary N) is 1. The Morgan fingerprint density at radius 3 is 3.25 bits per heavy atom. The first-order valence-corrected chi connectivity index (χ1v) is 2.62. The summed E-state index contributed by atoms with van der Waals surface area (Å²) in [4.78, 5) is 8.73. The van der Waals surface area contributed by atoms with Crippen molar-refractivity contribution in [1.29, 1.82) is 0 Å². The number of hydrogen-bond acceptors (Lipinski definition) is 3. The minimum Gasteiger partial charge on any atom is -0.390 e. The Morgan fingerprint density at radius 1 is 1.88 bits per heavy atom. The van der Waals surface area contributed by atoms with Crippen molar-refractivity contribution in [3.05, 3.63) is 12.3 Å². The Morgan fingerprint density at radius 2 is 2.88 bits per heavy atom. The highest BCUT2D eigenvalue weighted by Gasteiger charge is 2.27. The zero-order valence-corrected chi connectivity index (χ0v) is 4.29. The highest BCUT2D eigenvalue weighted by Crippen LogP contribution is 2.11. The third-order valence-corrected chi connectivity index (χ3v) is 1.28. The molecule has 3 heteroatoms. The Hall–Kier alpha value is -0.830. The lowest BCUT2D eigenvalue weighted by atomic mass is 10.1. The number of hydrogen-bond donors (Lipinski definition) is 1. The highest BCUT2D eigenvalue weighted by molar-refractivity contribution is 5.86. The topological polar surface area (TPSA) is 33.6 Å². The van der Waals surface area contributed by atoms with Crippen molar-refractivity contribution in [2.75, 3.05) is 0 Å². The molecule has 1 saturated heterocycles. The van der Waals surface area contributed by atoms with E-state index in [1.54, 1.807) is 6.20 Å². The fourth-order valence-corrected chi connectivity index (χ4v) is 0.783. The van der Waals surface area contributed by atoms with Crippen LogP contribution in [0, 0.1) is 0 Å². The van der Waals surface area contributed by atoms with Gasteiger partial charge in [-0.2, -0.15) is 0 Å². The van der Waals surface area contributed by atoms with Gasteiger partial charge >= 0.3 is 0 Å². The summed E-state index contributed by atoms with van der Waals surface area (Å²) in [6.07, 6.45) is 4.80. The van der Waals surface area contributed by atoms with Crippen LogP contribution >= 0.6 is 0 Å². The van der Waals surface area contributed by atoms with Gasteiger partial charge in [0.1, 0.15) is 6.04 Å². The van der Waals surface area contributed by atoms with Gasteiger partial charge < -0.3 is 4.84 Å². The molecule has 1 unspecified atom stereocenters. The lowest BCUT2D eigenvalue weighted by molar-refractivity contribution is 0.0751. The van der Waals surface area contributed by atoms with Crippen molar-refractivity contribution in [1.82, 2.24) is 5.48 Å². The zero-order chi connectivity index (χ0) is 5.40. The second-order valence-electron chi connectivity index (χ2n) is 1.86. The molecule has 0 aromatic rings. The second-order valence-corrected chi connectivity index (χ2v) is 1.86. The number of aliphatic imine (C=N–C) groups is 1. The second kappa shape index (κ2) is 1.32. The van der Waals surface area contributed by atoms with Gasteiger partial charge in [0.15, 0.2) is 0 Å². The third-order valence-electron chi connectivity index (χ3n) is 1.28. The molecule has 0 spiro atoms. The normalized spacial score (nSPS) is 32.0. The molecule has 0 saturated carbocycles. The van der Waals surface area contributed by atoms with Crippen LogP contribution in [0.25, 0.3) is 0 Å². The predicted octanol–water partition coefficient (Wildman–Crippen LogP) is 0.206. The molecule has 0 bridgehead atoms. The molecule has 2 rings (SSSR count). The molecule has 1 fully saturated rings. The first-order chi connectivity index (χ1) is 3.97. The quantitative estimate of drug-likeness (QED) is 0.483. The molecular formula is C5H6N2O. The molecule has 2 heterocycles. The Labute approximate surface area is 47.0 Å². The zero-order valence-electron chi connectivity index (χ0n) is 4.29. The molecule has 0 aromatic carbocycles. The molecule has 8 heavy (non-hydrogen) atoms. The van der Waals surface area contributed by atoms with Gasteiger partial charge in [-0.05, 0) is 6.42 Å². The summed E-state index contributed by atoms with van der Waals surface area (Å²) in [5, 5.41) is 0. The van der Waals surface area contributed by atoms with Crippen LogP contribution in [0.2, 0.25) is 0 Å². The van der Waals surface area contributed by atoms with Crippen LogP contribution in [0.15, 0.2) is 17.3 Å². The molecule has 1 N–H and O–H groups in total. The van der Waals surface area contributed by atoms with E-state index >= 15 is 0 Å². The van der Waals surface area contributed by atoms with Gasteiger partial charge in [0.05, 0.1) is 0 Å². The van der Waals surface area contributed by atoms with E-state index in [0.717, 1.165) is 12.3 Å². The fourth-order valence-electron chi connectivity index (χ4n) is 0.783. The predicted molar refractivity (Wildman–Crippen MR) is 29.2 cm³/mol. The average molecular weight is 110 g/mol. The van der Waals surface area contributed by atoms with Crippen molar-refractivity contribution in [2.24, 2.45) is 4.99 Å². The average Bonchev–Trinajstić information content (AvgIpc) is 1.72. The van der Waals surface area contributed by atoms with Gasteiger partial charge in [0.2, 0.25) is 5.90 Å². The maximum atomic E-state index is 4.78. The van der Waals surface area contributed by atoms with E-state index in [1.165, 1.54) is 0 Å². The van der Waals surface area contributed by atoms with E-state index in [0.29, 0.717) is 6.04 Å². The van der Waals surface area contributed by atoms with Crippen molar-refractivity contribution in [2.45, 2.75) is 12.5 Å². The van der Waals surface area contributed by atoms with E-state index in [2.05, 4.69) is 10.5 Å². The summed E-state index contributed by atoms with van der Waals surface area (Å²) in [6, 6.07) is 0.375. The van der Waals surface area contributed by atoms with E-state index in [4.69, 9.17) is 4.84 Å². The van der Waals surface area contributed by atoms with E-state index in [1.807, 2.05) is 6.08 Å². The van der Waals surface area contributed by atoms with Crippen LogP contribution in [0.3, 0.4) is 0 Å². The van der Waals surface area contributed by atoms with Crippen LogP contribution in [0.1, 0.15) is 6.42 Å². The van der Waals surface area contributed by atoms with Crippen LogP contribution in [-0.4, -0.2) is 11.9 Å². The summed E-state index contributed by atoms with van der Waals surface area (Å²) < 4.78 is 0. The molecule has 0 aliphatic carbocycles. The van der Waals surface area contributed by atoms with Gasteiger partial charge in [0.25, 0.3) is 0 Å². The lowest BCUT2D eigenvalue weighted by Crippen LogP contribution is -2.51. The van der Waals surface area contributed by atoms with E-state index < -0.39 is 0 Å². The molecule has 0 radical (unpaired) electrons. The minimum absolute atomic E-state index is 0.375. The molecule has 0 amide bonds. The van der Waals surface area contributed by atoms with Gasteiger partial charge in [-0.25, -0.2) is 4.99 Å². The smallest absolute Gasteiger partial charge is 0.234 e. The van der Waals surface area contributed by atoms with Gasteiger partial charge in [-0.3, -0.25) is 0 Å². The van der Waals surface area contributed by atoms with Crippen LogP contribution in [0.5, 0.6) is 0 Å². The van der Waals surface area contributed by atoms with E-state index in [-0.39, 0.29) is 0 Å². The molecule has 2 aliphatic heterocycles. The van der Waals surface area contributed by atoms with Gasteiger partial charge in [-0.1, -0.05) is 6.08 Å². The standard InChI is InChI=1S/C5H6N2O/c1-2-4-5(6-3-1)8-7-4/h1,3-4,7H,2H2. The molecule has 0 aromatic heterocycles. The number of nitrogens with zero attached hydrogens (tertiary/aromatic N) is 1. The third kappa shape index (κ3) is 0.391. The van der Waals surface area contributed by atoms with E-state index in [9.17, 15) is 0 Å². The van der Waals surface area contributed by atoms with Gasteiger partial charge in [0, 0.05) is 6.20 Å². The maximum Gasteiger partial charge on any atom is 0.234 e. The molecular weight excluding hydrogens is 104 g/mol. The number of rotatable bonds is 0. The largest absolute Gasteiger partial charge is 0.390 e. The number of fused-ring (bicyclic) bond motifs is 1. The number of hydroxylamine groups is 1. The molecule has 1 atom stereocenters. The van der Waals surface area contributed by atoms with Crippen molar-refractivity contribution < 1.29 is 4.84 Å². The summed E-state index contributed by atoms with van der Waals surface area (Å²) in [6.45, 7) is 0. The Bertz CT molecular complexity index is 162. The summed E-state index contributed by atoms with van der Waals surface area (Å²) in [5.41, 5.74) is 2.77. The first-order valence-electron chi connectivity index (χ1n) is 2.62. The molecule has 3 nitrogen and oxygen atoms in total. The highest BCUT2D eigenvalue weighted by atomic mass is 16.7. The van der Waals surface area contributed by atoms with Crippen molar-refractivity contribution in [3.63, 3.8) is 0 Å².